The molecule has 3 rings (SSSR count). The summed E-state index contributed by atoms with van der Waals surface area (Å²) in [6, 6.07) is 8.74. The first-order valence-electron chi connectivity index (χ1n) is 8.37. The van der Waals surface area contributed by atoms with Crippen LogP contribution >= 0.6 is 0 Å². The predicted octanol–water partition coefficient (Wildman–Crippen LogP) is 3.05. The van der Waals surface area contributed by atoms with E-state index in [9.17, 15) is 4.79 Å². The van der Waals surface area contributed by atoms with Crippen LogP contribution in [-0.2, 0) is 6.54 Å². The van der Waals surface area contributed by atoms with Crippen molar-refractivity contribution in [2.45, 2.75) is 58.2 Å². The van der Waals surface area contributed by atoms with Crippen LogP contribution in [0.2, 0.25) is 0 Å². The molecule has 0 spiro atoms. The van der Waals surface area contributed by atoms with Crippen LogP contribution in [0.3, 0.4) is 0 Å². The monoisotopic (exact) mass is 299 g/mol. The molecular formula is C18H25N3O. The molecule has 0 aliphatic carbocycles. The lowest BCUT2D eigenvalue weighted by Gasteiger charge is -2.38. The summed E-state index contributed by atoms with van der Waals surface area (Å²) in [5.74, 6) is 0. The van der Waals surface area contributed by atoms with Gasteiger partial charge in [-0.15, -0.1) is 0 Å². The summed E-state index contributed by atoms with van der Waals surface area (Å²) in [4.78, 5) is 19.5. The maximum Gasteiger partial charge on any atom is 0.261 e. The Morgan fingerprint density at radius 3 is 2.91 bits per heavy atom. The van der Waals surface area contributed by atoms with Gasteiger partial charge in [0.05, 0.1) is 17.2 Å². The highest BCUT2D eigenvalue weighted by atomic mass is 16.1. The number of piperidine rings is 1. The molecule has 1 aliphatic rings. The fourth-order valence-corrected chi connectivity index (χ4v) is 3.57. The SMILES string of the molecule is CC(C)N1CCCC[C@H]1CCn1cnc2ccccc2c1=O. The number of fused-ring (bicyclic) bond motifs is 1. The molecule has 1 fully saturated rings. The van der Waals surface area contributed by atoms with Gasteiger partial charge in [-0.25, -0.2) is 4.98 Å². The molecule has 1 aromatic carbocycles. The summed E-state index contributed by atoms with van der Waals surface area (Å²) in [5.41, 5.74) is 0.864. The summed E-state index contributed by atoms with van der Waals surface area (Å²) < 4.78 is 1.77. The number of hydrogen-bond donors (Lipinski definition) is 0. The van der Waals surface area contributed by atoms with E-state index in [0.717, 1.165) is 18.5 Å². The molecule has 4 nitrogen and oxygen atoms in total. The molecule has 0 radical (unpaired) electrons. The lowest BCUT2D eigenvalue weighted by atomic mass is 9.97. The molecule has 0 unspecified atom stereocenters. The topological polar surface area (TPSA) is 38.1 Å². The molecular weight excluding hydrogens is 274 g/mol. The number of benzene rings is 1. The van der Waals surface area contributed by atoms with E-state index in [1.54, 1.807) is 10.9 Å². The summed E-state index contributed by atoms with van der Waals surface area (Å²) in [5, 5.41) is 0.717. The molecule has 1 aliphatic heterocycles. The second-order valence-corrected chi connectivity index (χ2v) is 6.53. The van der Waals surface area contributed by atoms with Gasteiger partial charge in [0.15, 0.2) is 0 Å². The van der Waals surface area contributed by atoms with E-state index >= 15 is 0 Å². The predicted molar refractivity (Wildman–Crippen MR) is 90.1 cm³/mol. The lowest BCUT2D eigenvalue weighted by Crippen LogP contribution is -2.44. The quantitative estimate of drug-likeness (QED) is 0.871. The van der Waals surface area contributed by atoms with Crippen molar-refractivity contribution < 1.29 is 0 Å². The normalized spacial score (nSPS) is 19.9. The fourth-order valence-electron chi connectivity index (χ4n) is 3.57. The fraction of sp³-hybridized carbons (Fsp3) is 0.556. The van der Waals surface area contributed by atoms with E-state index in [0.29, 0.717) is 17.5 Å². The summed E-state index contributed by atoms with van der Waals surface area (Å²) in [6.45, 7) is 6.47. The van der Waals surface area contributed by atoms with E-state index in [-0.39, 0.29) is 5.56 Å². The van der Waals surface area contributed by atoms with Gasteiger partial charge in [0.1, 0.15) is 0 Å². The Balaban J connectivity index is 1.76. The van der Waals surface area contributed by atoms with Crippen LogP contribution in [0.5, 0.6) is 0 Å². The first-order chi connectivity index (χ1) is 10.7. The Kier molecular flexibility index (Phi) is 4.57. The molecule has 0 saturated carbocycles. The number of hydrogen-bond acceptors (Lipinski definition) is 3. The first kappa shape index (κ1) is 15.2. The van der Waals surface area contributed by atoms with Gasteiger partial charge in [0.25, 0.3) is 5.56 Å². The molecule has 1 atom stereocenters. The highest BCUT2D eigenvalue weighted by Gasteiger charge is 2.24. The van der Waals surface area contributed by atoms with Crippen molar-refractivity contribution in [1.82, 2.24) is 14.5 Å². The van der Waals surface area contributed by atoms with E-state index in [1.165, 1.54) is 25.8 Å². The molecule has 1 saturated heterocycles. The Morgan fingerprint density at radius 1 is 1.27 bits per heavy atom. The van der Waals surface area contributed by atoms with Gasteiger partial charge < -0.3 is 0 Å². The summed E-state index contributed by atoms with van der Waals surface area (Å²) in [7, 11) is 0. The molecule has 0 bridgehead atoms. The maximum absolute atomic E-state index is 12.5. The van der Waals surface area contributed by atoms with Crippen molar-refractivity contribution in [3.05, 3.63) is 40.9 Å². The van der Waals surface area contributed by atoms with Crippen LogP contribution < -0.4 is 5.56 Å². The number of aromatic nitrogens is 2. The second-order valence-electron chi connectivity index (χ2n) is 6.53. The lowest BCUT2D eigenvalue weighted by molar-refractivity contribution is 0.102. The Labute approximate surface area is 131 Å². The standard InChI is InChI=1S/C18H25N3O/c1-14(2)21-11-6-5-7-15(21)10-12-20-13-19-17-9-4-3-8-16(17)18(20)22/h3-4,8-9,13-15H,5-7,10-12H2,1-2H3/t15-/m0/s1. The molecule has 0 N–H and O–H groups in total. The summed E-state index contributed by atoms with van der Waals surface area (Å²) in [6.07, 6.45) is 6.57. The van der Waals surface area contributed by atoms with Crippen LogP contribution in [-0.4, -0.2) is 33.1 Å². The first-order valence-corrected chi connectivity index (χ1v) is 8.37. The van der Waals surface area contributed by atoms with E-state index in [1.807, 2.05) is 24.3 Å². The number of likely N-dealkylation sites (tertiary alicyclic amines) is 1. The van der Waals surface area contributed by atoms with Crippen LogP contribution in [0, 0.1) is 0 Å². The third kappa shape index (κ3) is 3.07. The van der Waals surface area contributed by atoms with Gasteiger partial charge in [0.2, 0.25) is 0 Å². The summed E-state index contributed by atoms with van der Waals surface area (Å²) >= 11 is 0. The highest BCUT2D eigenvalue weighted by Crippen LogP contribution is 2.22. The Bertz CT molecular complexity index is 692. The molecule has 2 aromatic rings. The average molecular weight is 299 g/mol. The highest BCUT2D eigenvalue weighted by molar-refractivity contribution is 5.76. The van der Waals surface area contributed by atoms with Crippen LogP contribution in [0.15, 0.2) is 35.4 Å². The Morgan fingerprint density at radius 2 is 2.09 bits per heavy atom. The minimum atomic E-state index is 0.0810. The number of aryl methyl sites for hydroxylation is 1. The van der Waals surface area contributed by atoms with E-state index < -0.39 is 0 Å². The number of nitrogens with zero attached hydrogens (tertiary/aromatic N) is 3. The molecule has 4 heteroatoms. The zero-order chi connectivity index (χ0) is 15.5. The Hall–Kier alpha value is -1.68. The van der Waals surface area contributed by atoms with Gasteiger partial charge in [0, 0.05) is 18.6 Å². The van der Waals surface area contributed by atoms with Crippen molar-refractivity contribution in [1.29, 1.82) is 0 Å². The van der Waals surface area contributed by atoms with Crippen LogP contribution in [0.25, 0.3) is 10.9 Å². The van der Waals surface area contributed by atoms with E-state index in [2.05, 4.69) is 23.7 Å². The molecule has 0 amide bonds. The molecule has 22 heavy (non-hydrogen) atoms. The molecule has 1 aromatic heterocycles. The van der Waals surface area contributed by atoms with Crippen LogP contribution in [0.4, 0.5) is 0 Å². The zero-order valence-electron chi connectivity index (χ0n) is 13.5. The van der Waals surface area contributed by atoms with Gasteiger partial charge in [-0.05, 0) is 51.8 Å². The van der Waals surface area contributed by atoms with Crippen molar-refractivity contribution in [2.75, 3.05) is 6.54 Å². The van der Waals surface area contributed by atoms with Crippen LogP contribution in [0.1, 0.15) is 39.5 Å². The van der Waals surface area contributed by atoms with Crippen molar-refractivity contribution >= 4 is 10.9 Å². The van der Waals surface area contributed by atoms with Gasteiger partial charge >= 0.3 is 0 Å². The molecule has 118 valence electrons. The van der Waals surface area contributed by atoms with Crippen molar-refractivity contribution in [3.63, 3.8) is 0 Å². The van der Waals surface area contributed by atoms with Crippen molar-refractivity contribution in [2.24, 2.45) is 0 Å². The van der Waals surface area contributed by atoms with Crippen molar-refractivity contribution in [3.8, 4) is 0 Å². The minimum Gasteiger partial charge on any atom is -0.299 e. The minimum absolute atomic E-state index is 0.0810. The molecule has 2 heterocycles. The zero-order valence-corrected chi connectivity index (χ0v) is 13.5. The van der Waals surface area contributed by atoms with Gasteiger partial charge in [-0.2, -0.15) is 0 Å². The second kappa shape index (κ2) is 6.61. The maximum atomic E-state index is 12.5. The van der Waals surface area contributed by atoms with Gasteiger partial charge in [-0.1, -0.05) is 18.6 Å². The third-order valence-electron chi connectivity index (χ3n) is 4.77. The number of rotatable bonds is 4. The average Bonchev–Trinajstić information content (AvgIpc) is 2.55. The smallest absolute Gasteiger partial charge is 0.261 e. The third-order valence-corrected chi connectivity index (χ3v) is 4.77. The van der Waals surface area contributed by atoms with Gasteiger partial charge in [-0.3, -0.25) is 14.3 Å². The number of para-hydroxylation sites is 1. The largest absolute Gasteiger partial charge is 0.299 e. The van der Waals surface area contributed by atoms with E-state index in [4.69, 9.17) is 0 Å².